The molecule has 0 aliphatic carbocycles. The second kappa shape index (κ2) is 27.3. The molecule has 0 aliphatic heterocycles. The van der Waals surface area contributed by atoms with Gasteiger partial charge in [0.2, 0.25) is 0 Å². The van der Waals surface area contributed by atoms with Gasteiger partial charge in [0.05, 0.1) is 0 Å². The summed E-state index contributed by atoms with van der Waals surface area (Å²) in [7, 11) is 4.24. The fourth-order valence-electron chi connectivity index (χ4n) is 11.6. The lowest BCUT2D eigenvalue weighted by molar-refractivity contribution is 1.21. The van der Waals surface area contributed by atoms with Gasteiger partial charge in [-0.25, -0.2) is 0 Å². The van der Waals surface area contributed by atoms with Gasteiger partial charge in [0.1, 0.15) is 0 Å². The summed E-state index contributed by atoms with van der Waals surface area (Å²) in [5.41, 5.74) is 25.9. The van der Waals surface area contributed by atoms with E-state index in [1.165, 1.54) is 66.8 Å². The van der Waals surface area contributed by atoms with E-state index in [2.05, 4.69) is 410 Å². The van der Waals surface area contributed by atoms with Gasteiger partial charge < -0.3 is 19.6 Å². The Kier molecular flexibility index (Phi) is 17.4. The third kappa shape index (κ3) is 13.3. The Morgan fingerprint density at radius 1 is 0.133 bits per heavy atom. The van der Waals surface area contributed by atoms with Crippen LogP contribution >= 0.6 is 0 Å². The van der Waals surface area contributed by atoms with Crippen molar-refractivity contribution in [1.29, 1.82) is 0 Å². The molecule has 14 aromatic carbocycles. The highest BCUT2D eigenvalue weighted by atomic mass is 15.1. The molecule has 0 spiro atoms. The Hall–Kier alpha value is -11.7. The molecule has 0 fully saturated rings. The third-order valence-corrected chi connectivity index (χ3v) is 16.6. The van der Waals surface area contributed by atoms with Crippen LogP contribution in [0.1, 0.15) is 0 Å². The first-order chi connectivity index (χ1) is 44.5. The highest BCUT2D eigenvalue weighted by Crippen LogP contribution is 2.40. The molecular weight excluding hydrogens is 1090 g/mol. The molecule has 14 aromatic rings. The second-order valence-electron chi connectivity index (χ2n) is 22.3. The van der Waals surface area contributed by atoms with Crippen LogP contribution in [0.2, 0.25) is 0 Å². The number of rotatable bonds is 16. The first kappa shape index (κ1) is 57.4. The number of nitrogens with zero attached hydrogens (tertiary/aromatic N) is 4. The van der Waals surface area contributed by atoms with E-state index in [9.17, 15) is 0 Å². The van der Waals surface area contributed by atoms with Crippen LogP contribution in [0.3, 0.4) is 0 Å². The lowest BCUT2D eigenvalue weighted by Crippen LogP contribution is -2.09. The van der Waals surface area contributed by atoms with E-state index in [0.717, 1.165) is 56.9 Å². The number of hydrogen-bond acceptors (Lipinski definition) is 4. The summed E-state index contributed by atoms with van der Waals surface area (Å²) in [6.45, 7) is 0. The van der Waals surface area contributed by atoms with Crippen LogP contribution in [0.5, 0.6) is 0 Å². The van der Waals surface area contributed by atoms with Gasteiger partial charge in [0.25, 0.3) is 0 Å². The Morgan fingerprint density at radius 2 is 0.300 bits per heavy atom. The largest absolute Gasteiger partial charge is 0.345 e. The molecule has 0 unspecified atom stereocenters. The van der Waals surface area contributed by atoms with Gasteiger partial charge in [-0.05, 0) is 188 Å². The maximum atomic E-state index is 2.31. The van der Waals surface area contributed by atoms with Crippen LogP contribution in [0, 0.1) is 0 Å². The van der Waals surface area contributed by atoms with Crippen molar-refractivity contribution in [3.63, 3.8) is 0 Å². The van der Waals surface area contributed by atoms with E-state index in [4.69, 9.17) is 0 Å². The van der Waals surface area contributed by atoms with Crippen LogP contribution in [0.25, 0.3) is 66.8 Å². The van der Waals surface area contributed by atoms with Crippen molar-refractivity contribution in [2.75, 3.05) is 33.7 Å². The van der Waals surface area contributed by atoms with E-state index in [1.807, 2.05) is 0 Å². The molecule has 0 radical (unpaired) electrons. The molecule has 0 saturated carbocycles. The fourth-order valence-corrected chi connectivity index (χ4v) is 11.6. The van der Waals surface area contributed by atoms with Gasteiger partial charge in [-0.2, -0.15) is 0 Å². The molecule has 90 heavy (non-hydrogen) atoms. The molecule has 0 N–H and O–H groups in total. The van der Waals surface area contributed by atoms with E-state index >= 15 is 0 Å². The van der Waals surface area contributed by atoms with E-state index in [-0.39, 0.29) is 0 Å². The van der Waals surface area contributed by atoms with Gasteiger partial charge in [0, 0.05) is 71.0 Å². The maximum absolute atomic E-state index is 2.31. The molecule has 0 saturated heterocycles. The van der Waals surface area contributed by atoms with Crippen molar-refractivity contribution in [3.05, 3.63) is 376 Å². The van der Waals surface area contributed by atoms with Gasteiger partial charge in [-0.1, -0.05) is 255 Å². The van der Waals surface area contributed by atoms with Crippen molar-refractivity contribution in [1.82, 2.24) is 0 Å². The number of hydrogen-bond donors (Lipinski definition) is 0. The molecule has 432 valence electrons. The SMILES string of the molecule is CN(c1ccc(-c2ccc(N(c3ccccc3)c3ccc(-c4ccccc4)cc3)cc2)cc1)c1cccc(-c2ccccc2)c1.CN(c1ccc(-c2ccccc2)cc1)c1ccc(-c2ccc(N(c3ccccc3)c3ccc(-c4ccccc4)cc3)cc2)cc1. The number of para-hydroxylation sites is 2. The molecule has 0 aliphatic rings. The van der Waals surface area contributed by atoms with Gasteiger partial charge in [-0.3, -0.25) is 0 Å². The molecule has 0 aromatic heterocycles. The lowest BCUT2D eigenvalue weighted by Gasteiger charge is -2.26. The van der Waals surface area contributed by atoms with E-state index in [1.54, 1.807) is 0 Å². The smallest absolute Gasteiger partial charge is 0.0462 e. The first-order valence-corrected chi connectivity index (χ1v) is 30.7. The zero-order valence-electron chi connectivity index (χ0n) is 50.6. The summed E-state index contributed by atoms with van der Waals surface area (Å²) in [5, 5.41) is 0. The molecule has 0 amide bonds. The van der Waals surface area contributed by atoms with Crippen LogP contribution in [-0.4, -0.2) is 14.1 Å². The summed E-state index contributed by atoms with van der Waals surface area (Å²) in [4.78, 5) is 9.07. The minimum absolute atomic E-state index is 1.12. The summed E-state index contributed by atoms with van der Waals surface area (Å²) < 4.78 is 0. The van der Waals surface area contributed by atoms with Gasteiger partial charge >= 0.3 is 0 Å². The molecule has 0 heterocycles. The normalized spacial score (nSPS) is 10.8. The first-order valence-electron chi connectivity index (χ1n) is 30.7. The molecule has 4 heteroatoms. The standard InChI is InChI=1S/2C43H34N2/c1-44(43-19-11-16-38(32-43)34-14-7-3-8-15-34)39-26-20-36(21-27-39)37-24-30-42(31-25-37)45(40-17-9-4-10-18-40)41-28-22-35(23-29-41)33-12-5-2-6-13-33;1-44(39-25-17-35(18-26-39)33-11-5-2-6-12-33)40-27-19-37(20-28-40)38-23-31-43(32-24-38)45(41-15-9-4-10-16-41)42-29-21-36(22-30-42)34-13-7-3-8-14-34/h2*2-32H,1H3. The van der Waals surface area contributed by atoms with Crippen LogP contribution in [0.4, 0.5) is 56.9 Å². The molecule has 0 bridgehead atoms. The summed E-state index contributed by atoms with van der Waals surface area (Å²) >= 11 is 0. The third-order valence-electron chi connectivity index (χ3n) is 16.6. The zero-order chi connectivity index (χ0) is 60.9. The Bertz CT molecular complexity index is 4510. The summed E-state index contributed by atoms with van der Waals surface area (Å²) in [6, 6.07) is 133. The van der Waals surface area contributed by atoms with Crippen LogP contribution in [-0.2, 0) is 0 Å². The molecular formula is C86H68N4. The number of benzene rings is 14. The summed E-state index contributed by atoms with van der Waals surface area (Å²) in [6.07, 6.45) is 0. The van der Waals surface area contributed by atoms with Crippen molar-refractivity contribution in [3.8, 4) is 66.8 Å². The zero-order valence-corrected chi connectivity index (χ0v) is 50.6. The highest BCUT2D eigenvalue weighted by Gasteiger charge is 2.16. The van der Waals surface area contributed by atoms with Crippen molar-refractivity contribution in [2.45, 2.75) is 0 Å². The van der Waals surface area contributed by atoms with Crippen LogP contribution < -0.4 is 19.6 Å². The Morgan fingerprint density at radius 3 is 0.556 bits per heavy atom. The highest BCUT2D eigenvalue weighted by molar-refractivity contribution is 5.83. The molecule has 0 atom stereocenters. The van der Waals surface area contributed by atoms with Crippen molar-refractivity contribution in [2.24, 2.45) is 0 Å². The number of anilines is 10. The second-order valence-corrected chi connectivity index (χ2v) is 22.3. The molecule has 4 nitrogen and oxygen atoms in total. The minimum atomic E-state index is 1.12. The predicted molar refractivity (Wildman–Crippen MR) is 384 cm³/mol. The van der Waals surface area contributed by atoms with Gasteiger partial charge in [0.15, 0.2) is 0 Å². The Balaban J connectivity index is 0.000000165. The monoisotopic (exact) mass is 1160 g/mol. The average Bonchev–Trinajstić information content (AvgIpc) is 2.91. The van der Waals surface area contributed by atoms with Crippen molar-refractivity contribution >= 4 is 56.9 Å². The average molecular weight is 1160 g/mol. The topological polar surface area (TPSA) is 13.0 Å². The quantitative estimate of drug-likeness (QED) is 0.0956. The summed E-state index contributed by atoms with van der Waals surface area (Å²) in [5.74, 6) is 0. The predicted octanol–water partition coefficient (Wildman–Crippen LogP) is 23.9. The fraction of sp³-hybridized carbons (Fsp3) is 0.0233. The van der Waals surface area contributed by atoms with Crippen molar-refractivity contribution < 1.29 is 0 Å². The molecule has 14 rings (SSSR count). The van der Waals surface area contributed by atoms with Crippen LogP contribution in [0.15, 0.2) is 376 Å². The van der Waals surface area contributed by atoms with E-state index < -0.39 is 0 Å². The van der Waals surface area contributed by atoms with E-state index in [0.29, 0.717) is 0 Å². The van der Waals surface area contributed by atoms with Gasteiger partial charge in [-0.15, -0.1) is 0 Å². The maximum Gasteiger partial charge on any atom is 0.0462 e. The lowest BCUT2D eigenvalue weighted by atomic mass is 10.0. The Labute approximate surface area is 530 Å². The minimum Gasteiger partial charge on any atom is -0.345 e.